The van der Waals surface area contributed by atoms with Crippen molar-refractivity contribution in [2.45, 2.75) is 65.1 Å². The van der Waals surface area contributed by atoms with Gasteiger partial charge in [0.15, 0.2) is 6.17 Å². The number of carbonyl (C=O) groups excluding carboxylic acids is 3. The molecule has 2 N–H and O–H groups in total. The van der Waals surface area contributed by atoms with Gasteiger partial charge in [0.1, 0.15) is 0 Å². The van der Waals surface area contributed by atoms with Crippen molar-refractivity contribution in [2.75, 3.05) is 26.2 Å². The summed E-state index contributed by atoms with van der Waals surface area (Å²) in [5, 5.41) is 0. The van der Waals surface area contributed by atoms with E-state index >= 15 is 0 Å². The molecule has 2 aliphatic heterocycles. The number of nitrogens with zero attached hydrogens (tertiary/aromatic N) is 3. The highest BCUT2D eigenvalue weighted by molar-refractivity contribution is 5.98. The second-order valence-electron chi connectivity index (χ2n) is 8.08. The van der Waals surface area contributed by atoms with E-state index in [1.54, 1.807) is 14.7 Å². The fourth-order valence-electron chi connectivity index (χ4n) is 3.96. The Labute approximate surface area is 180 Å². The third-order valence-electron chi connectivity index (χ3n) is 5.51. The van der Waals surface area contributed by atoms with Crippen LogP contribution in [0.1, 0.15) is 51.5 Å². The molecular formula is C23H36N4O3. The Morgan fingerprint density at radius 3 is 2.27 bits per heavy atom. The highest BCUT2D eigenvalue weighted by atomic mass is 16.2. The Bertz CT molecular complexity index is 710. The van der Waals surface area contributed by atoms with Gasteiger partial charge >= 0.3 is 0 Å². The quantitative estimate of drug-likeness (QED) is 0.690. The molecule has 3 amide bonds. The van der Waals surface area contributed by atoms with Crippen LogP contribution < -0.4 is 5.73 Å². The molecule has 2 saturated heterocycles. The number of fused-ring (bicyclic) bond motifs is 1. The first-order valence-electron chi connectivity index (χ1n) is 11.0. The topological polar surface area (TPSA) is 87.0 Å². The SMILES string of the molecule is CCCN1CC(=O)N2C(C)CC(=O)N(CCCCCN)C2C1=O.Cc1ccccc1. The Balaban J connectivity index is 0.000000386. The minimum atomic E-state index is -0.753. The monoisotopic (exact) mass is 416 g/mol. The Morgan fingerprint density at radius 1 is 1.00 bits per heavy atom. The van der Waals surface area contributed by atoms with Crippen molar-refractivity contribution >= 4 is 17.7 Å². The molecule has 7 heteroatoms. The molecule has 0 radical (unpaired) electrons. The zero-order valence-electron chi connectivity index (χ0n) is 18.5. The van der Waals surface area contributed by atoms with Crippen molar-refractivity contribution in [3.05, 3.63) is 35.9 Å². The molecule has 166 valence electrons. The van der Waals surface area contributed by atoms with Crippen LogP contribution in [0.5, 0.6) is 0 Å². The van der Waals surface area contributed by atoms with Gasteiger partial charge in [-0.3, -0.25) is 14.4 Å². The van der Waals surface area contributed by atoms with Crippen LogP contribution in [0.15, 0.2) is 30.3 Å². The molecule has 7 nitrogen and oxygen atoms in total. The average Bonchev–Trinajstić information content (AvgIpc) is 2.71. The number of unbranched alkanes of at least 4 members (excludes halogenated alkanes) is 2. The smallest absolute Gasteiger partial charge is 0.266 e. The predicted molar refractivity (Wildman–Crippen MR) is 117 cm³/mol. The van der Waals surface area contributed by atoms with Gasteiger partial charge in [0.2, 0.25) is 11.8 Å². The lowest BCUT2D eigenvalue weighted by Crippen LogP contribution is -2.71. The number of rotatable bonds is 7. The van der Waals surface area contributed by atoms with Crippen LogP contribution >= 0.6 is 0 Å². The maximum absolute atomic E-state index is 12.8. The highest BCUT2D eigenvalue weighted by Crippen LogP contribution is 2.27. The minimum absolute atomic E-state index is 0.0361. The van der Waals surface area contributed by atoms with Crippen LogP contribution in [-0.2, 0) is 14.4 Å². The first-order chi connectivity index (χ1) is 14.4. The van der Waals surface area contributed by atoms with Gasteiger partial charge in [-0.2, -0.15) is 0 Å². The molecule has 0 spiro atoms. The van der Waals surface area contributed by atoms with E-state index in [4.69, 9.17) is 5.73 Å². The second kappa shape index (κ2) is 11.7. The Kier molecular flexibility index (Phi) is 9.30. The summed E-state index contributed by atoms with van der Waals surface area (Å²) in [6, 6.07) is 10.0. The van der Waals surface area contributed by atoms with Crippen LogP contribution in [0, 0.1) is 6.92 Å². The molecule has 3 rings (SSSR count). The normalized spacial score (nSPS) is 21.3. The number of benzene rings is 1. The van der Waals surface area contributed by atoms with E-state index in [1.165, 1.54) is 5.56 Å². The Hall–Kier alpha value is -2.41. The van der Waals surface area contributed by atoms with Crippen molar-refractivity contribution in [3.8, 4) is 0 Å². The summed E-state index contributed by atoms with van der Waals surface area (Å²) in [5.74, 6) is -0.217. The third kappa shape index (κ3) is 6.05. The van der Waals surface area contributed by atoms with Gasteiger partial charge in [0.05, 0.1) is 6.54 Å². The van der Waals surface area contributed by atoms with Crippen molar-refractivity contribution < 1.29 is 14.4 Å². The van der Waals surface area contributed by atoms with E-state index < -0.39 is 6.17 Å². The van der Waals surface area contributed by atoms with Gasteiger partial charge < -0.3 is 20.4 Å². The van der Waals surface area contributed by atoms with Crippen molar-refractivity contribution in [3.63, 3.8) is 0 Å². The fraction of sp³-hybridized carbons (Fsp3) is 0.609. The fourth-order valence-corrected chi connectivity index (χ4v) is 3.96. The maximum atomic E-state index is 12.8. The highest BCUT2D eigenvalue weighted by Gasteiger charge is 2.49. The number of nitrogens with two attached hydrogens (primary N) is 1. The number of carbonyl (C=O) groups is 3. The molecule has 2 heterocycles. The van der Waals surface area contributed by atoms with Crippen LogP contribution in [0.3, 0.4) is 0 Å². The van der Waals surface area contributed by atoms with E-state index in [-0.39, 0.29) is 30.3 Å². The molecular weight excluding hydrogens is 380 g/mol. The van der Waals surface area contributed by atoms with E-state index in [9.17, 15) is 14.4 Å². The van der Waals surface area contributed by atoms with Gasteiger partial charge in [0, 0.05) is 25.6 Å². The lowest BCUT2D eigenvalue weighted by molar-refractivity contribution is -0.178. The number of amides is 3. The van der Waals surface area contributed by atoms with Crippen molar-refractivity contribution in [1.82, 2.24) is 14.7 Å². The number of hydrogen-bond acceptors (Lipinski definition) is 4. The lowest BCUT2D eigenvalue weighted by Gasteiger charge is -2.50. The summed E-state index contributed by atoms with van der Waals surface area (Å²) in [7, 11) is 0. The predicted octanol–water partition coefficient (Wildman–Crippen LogP) is 2.14. The molecule has 0 saturated carbocycles. The van der Waals surface area contributed by atoms with E-state index in [2.05, 4.69) is 19.1 Å². The molecule has 0 aromatic heterocycles. The van der Waals surface area contributed by atoms with Gasteiger partial charge in [-0.25, -0.2) is 0 Å². The van der Waals surface area contributed by atoms with Crippen LogP contribution in [0.4, 0.5) is 0 Å². The maximum Gasteiger partial charge on any atom is 0.266 e. The summed E-state index contributed by atoms with van der Waals surface area (Å²) >= 11 is 0. The van der Waals surface area contributed by atoms with Crippen molar-refractivity contribution in [1.29, 1.82) is 0 Å². The molecule has 1 aromatic rings. The first-order valence-corrected chi connectivity index (χ1v) is 11.0. The Morgan fingerprint density at radius 2 is 1.70 bits per heavy atom. The van der Waals surface area contributed by atoms with Gasteiger partial charge in [0.25, 0.3) is 5.91 Å². The first kappa shape index (κ1) is 23.9. The lowest BCUT2D eigenvalue weighted by atomic mass is 10.0. The zero-order chi connectivity index (χ0) is 22.1. The molecule has 1 aromatic carbocycles. The number of hydrogen-bond donors (Lipinski definition) is 1. The standard InChI is InChI=1S/C16H28N4O3.C7H8/c1-3-8-18-11-14(22)20-12(2)10-13(21)19(15(20)16(18)23)9-6-4-5-7-17;1-7-5-3-2-4-6-7/h12,15H,3-11,17H2,1-2H3;2-6H,1H3. The van der Waals surface area contributed by atoms with Crippen molar-refractivity contribution in [2.24, 2.45) is 5.73 Å². The summed E-state index contributed by atoms with van der Waals surface area (Å²) < 4.78 is 0. The van der Waals surface area contributed by atoms with E-state index in [1.807, 2.05) is 32.0 Å². The van der Waals surface area contributed by atoms with Gasteiger partial charge in [-0.05, 0) is 39.7 Å². The molecule has 0 bridgehead atoms. The summed E-state index contributed by atoms with van der Waals surface area (Å²) in [6.45, 7) is 7.72. The van der Waals surface area contributed by atoms with E-state index in [0.29, 0.717) is 26.1 Å². The summed E-state index contributed by atoms with van der Waals surface area (Å²) in [5.41, 5.74) is 6.82. The summed E-state index contributed by atoms with van der Waals surface area (Å²) in [4.78, 5) is 42.5. The molecule has 30 heavy (non-hydrogen) atoms. The van der Waals surface area contributed by atoms with Gasteiger partial charge in [-0.1, -0.05) is 49.2 Å². The molecule has 2 aliphatic rings. The average molecular weight is 417 g/mol. The molecule has 0 aliphatic carbocycles. The van der Waals surface area contributed by atoms with Crippen LogP contribution in [-0.4, -0.2) is 70.8 Å². The van der Waals surface area contributed by atoms with E-state index in [0.717, 1.165) is 25.7 Å². The minimum Gasteiger partial charge on any atom is -0.330 e. The number of aryl methyl sites for hydroxylation is 1. The second-order valence-corrected chi connectivity index (χ2v) is 8.08. The van der Waals surface area contributed by atoms with Crippen LogP contribution in [0.2, 0.25) is 0 Å². The largest absolute Gasteiger partial charge is 0.330 e. The van der Waals surface area contributed by atoms with Gasteiger partial charge in [-0.15, -0.1) is 0 Å². The molecule has 2 unspecified atom stereocenters. The summed E-state index contributed by atoms with van der Waals surface area (Å²) in [6.07, 6.45) is 2.96. The molecule has 2 fully saturated rings. The number of piperazine rings is 1. The third-order valence-corrected chi connectivity index (χ3v) is 5.51. The zero-order valence-corrected chi connectivity index (χ0v) is 18.5. The molecule has 2 atom stereocenters. The van der Waals surface area contributed by atoms with Crippen LogP contribution in [0.25, 0.3) is 0 Å².